The molecule has 1 heterocycles. The van der Waals surface area contributed by atoms with Crippen LogP contribution < -0.4 is 10.2 Å². The highest BCUT2D eigenvalue weighted by molar-refractivity contribution is 5.81. The molecule has 0 spiro atoms. The second kappa shape index (κ2) is 6.85. The van der Waals surface area contributed by atoms with E-state index in [2.05, 4.69) is 10.5 Å². The Labute approximate surface area is 119 Å². The molecule has 0 radical (unpaired) electrons. The highest BCUT2D eigenvalue weighted by Gasteiger charge is 2.06. The fourth-order valence-corrected chi connectivity index (χ4v) is 1.38. The molecule has 21 heavy (non-hydrogen) atoms. The Morgan fingerprint density at radius 1 is 1.38 bits per heavy atom. The van der Waals surface area contributed by atoms with Crippen LogP contribution in [0.5, 0.6) is 5.75 Å². The number of hydrogen-bond acceptors (Lipinski definition) is 6. The zero-order valence-electron chi connectivity index (χ0n) is 10.8. The van der Waals surface area contributed by atoms with Crippen LogP contribution in [0.15, 0.2) is 52.2 Å². The number of hydrogen-bond donors (Lipinski definition) is 1. The molecule has 1 aromatic carbocycles. The van der Waals surface area contributed by atoms with Crippen LogP contribution in [0.1, 0.15) is 5.76 Å². The van der Waals surface area contributed by atoms with E-state index in [1.165, 1.54) is 36.7 Å². The van der Waals surface area contributed by atoms with Crippen molar-refractivity contribution < 1.29 is 18.9 Å². The number of nitro benzene ring substituents is 1. The van der Waals surface area contributed by atoms with Crippen molar-refractivity contribution in [3.63, 3.8) is 0 Å². The maximum Gasteiger partial charge on any atom is 0.277 e. The Balaban J connectivity index is 1.77. The standard InChI is InChI=1S/C13H11N3O5/c17-13(15-14-8-12-2-1-7-20-12)9-21-11-5-3-10(4-6-11)16(18)19/h1-8H,9H2,(H,15,17)/b14-8-. The van der Waals surface area contributed by atoms with Crippen LogP contribution in [0.4, 0.5) is 5.69 Å². The topological polar surface area (TPSA) is 107 Å². The maximum atomic E-state index is 11.4. The Hall–Kier alpha value is -3.16. The van der Waals surface area contributed by atoms with Crippen molar-refractivity contribution in [2.45, 2.75) is 0 Å². The second-order valence-electron chi connectivity index (χ2n) is 3.85. The van der Waals surface area contributed by atoms with E-state index >= 15 is 0 Å². The van der Waals surface area contributed by atoms with Gasteiger partial charge in [-0.3, -0.25) is 14.9 Å². The molecule has 0 aliphatic heterocycles. The van der Waals surface area contributed by atoms with Gasteiger partial charge in [-0.25, -0.2) is 5.43 Å². The highest BCUT2D eigenvalue weighted by Crippen LogP contribution is 2.16. The van der Waals surface area contributed by atoms with Crippen LogP contribution in [-0.2, 0) is 4.79 Å². The van der Waals surface area contributed by atoms with E-state index in [1.807, 2.05) is 0 Å². The van der Waals surface area contributed by atoms with Crippen molar-refractivity contribution in [2.24, 2.45) is 5.10 Å². The predicted molar refractivity (Wildman–Crippen MR) is 73.0 cm³/mol. The summed E-state index contributed by atoms with van der Waals surface area (Å²) in [6.07, 6.45) is 2.84. The van der Waals surface area contributed by atoms with Crippen molar-refractivity contribution in [3.05, 3.63) is 58.5 Å². The monoisotopic (exact) mass is 289 g/mol. The number of ether oxygens (including phenoxy) is 1. The molecule has 1 amide bonds. The van der Waals surface area contributed by atoms with E-state index in [1.54, 1.807) is 12.1 Å². The van der Waals surface area contributed by atoms with Crippen molar-refractivity contribution in [1.29, 1.82) is 0 Å². The van der Waals surface area contributed by atoms with Crippen LogP contribution in [0, 0.1) is 10.1 Å². The molecule has 0 unspecified atom stereocenters. The van der Waals surface area contributed by atoms with Gasteiger partial charge in [0.2, 0.25) is 0 Å². The number of carbonyl (C=O) groups is 1. The van der Waals surface area contributed by atoms with Crippen LogP contribution in [0.25, 0.3) is 0 Å². The van der Waals surface area contributed by atoms with Crippen molar-refractivity contribution in [2.75, 3.05) is 6.61 Å². The molecule has 0 bridgehead atoms. The molecule has 1 aromatic heterocycles. The first kappa shape index (κ1) is 14.3. The van der Waals surface area contributed by atoms with Gasteiger partial charge in [-0.05, 0) is 24.3 Å². The van der Waals surface area contributed by atoms with E-state index < -0.39 is 10.8 Å². The maximum absolute atomic E-state index is 11.4. The third kappa shape index (κ3) is 4.46. The number of benzene rings is 1. The minimum Gasteiger partial charge on any atom is -0.484 e. The lowest BCUT2D eigenvalue weighted by Gasteiger charge is -2.04. The summed E-state index contributed by atoms with van der Waals surface area (Å²) in [7, 11) is 0. The number of non-ortho nitro benzene ring substituents is 1. The van der Waals surface area contributed by atoms with Gasteiger partial charge in [-0.2, -0.15) is 5.10 Å². The molecule has 8 nitrogen and oxygen atoms in total. The quantitative estimate of drug-likeness (QED) is 0.495. The SMILES string of the molecule is O=C(COc1ccc([N+](=O)[O-])cc1)N/N=C\c1ccco1. The number of rotatable bonds is 6. The number of hydrazone groups is 1. The lowest BCUT2D eigenvalue weighted by atomic mass is 10.3. The summed E-state index contributed by atoms with van der Waals surface area (Å²) in [5.74, 6) is 0.397. The molecule has 0 saturated carbocycles. The summed E-state index contributed by atoms with van der Waals surface area (Å²) >= 11 is 0. The minimum absolute atomic E-state index is 0.0464. The zero-order chi connectivity index (χ0) is 15.1. The fourth-order valence-electron chi connectivity index (χ4n) is 1.38. The molecule has 8 heteroatoms. The molecule has 0 fully saturated rings. The summed E-state index contributed by atoms with van der Waals surface area (Å²) in [5.41, 5.74) is 2.21. The molecular weight excluding hydrogens is 278 g/mol. The summed E-state index contributed by atoms with van der Waals surface area (Å²) in [4.78, 5) is 21.4. The number of nitrogens with zero attached hydrogens (tertiary/aromatic N) is 2. The van der Waals surface area contributed by atoms with Gasteiger partial charge >= 0.3 is 0 Å². The summed E-state index contributed by atoms with van der Waals surface area (Å²) in [6.45, 7) is -0.257. The summed E-state index contributed by atoms with van der Waals surface area (Å²) < 4.78 is 10.1. The number of furan rings is 1. The second-order valence-corrected chi connectivity index (χ2v) is 3.85. The molecule has 1 N–H and O–H groups in total. The van der Waals surface area contributed by atoms with Crippen LogP contribution in [0.2, 0.25) is 0 Å². The lowest BCUT2D eigenvalue weighted by molar-refractivity contribution is -0.384. The summed E-state index contributed by atoms with van der Waals surface area (Å²) in [5, 5.41) is 14.1. The third-order valence-corrected chi connectivity index (χ3v) is 2.34. The van der Waals surface area contributed by atoms with Gasteiger partial charge in [0.25, 0.3) is 11.6 Å². The van der Waals surface area contributed by atoms with E-state index in [9.17, 15) is 14.9 Å². The Morgan fingerprint density at radius 3 is 2.76 bits per heavy atom. The molecule has 2 aromatic rings. The van der Waals surface area contributed by atoms with Crippen molar-refractivity contribution in [3.8, 4) is 5.75 Å². The van der Waals surface area contributed by atoms with Gasteiger partial charge in [0.1, 0.15) is 11.5 Å². The van der Waals surface area contributed by atoms with E-state index in [0.29, 0.717) is 11.5 Å². The Morgan fingerprint density at radius 2 is 2.14 bits per heavy atom. The van der Waals surface area contributed by atoms with Gasteiger partial charge in [0, 0.05) is 12.1 Å². The van der Waals surface area contributed by atoms with Crippen LogP contribution in [0.3, 0.4) is 0 Å². The molecule has 0 saturated heterocycles. The van der Waals surface area contributed by atoms with Crippen molar-refractivity contribution >= 4 is 17.8 Å². The van der Waals surface area contributed by atoms with Gasteiger partial charge < -0.3 is 9.15 Å². The fraction of sp³-hybridized carbons (Fsp3) is 0.0769. The number of amides is 1. The average Bonchev–Trinajstić information content (AvgIpc) is 2.99. The molecule has 2 rings (SSSR count). The van der Waals surface area contributed by atoms with Gasteiger partial charge in [0.05, 0.1) is 17.4 Å². The van der Waals surface area contributed by atoms with E-state index in [0.717, 1.165) is 0 Å². The number of nitrogens with one attached hydrogen (secondary N) is 1. The van der Waals surface area contributed by atoms with Crippen molar-refractivity contribution in [1.82, 2.24) is 5.43 Å². The third-order valence-electron chi connectivity index (χ3n) is 2.34. The molecule has 0 aliphatic carbocycles. The number of nitro groups is 1. The van der Waals surface area contributed by atoms with E-state index in [4.69, 9.17) is 9.15 Å². The largest absolute Gasteiger partial charge is 0.484 e. The first-order valence-electron chi connectivity index (χ1n) is 5.88. The highest BCUT2D eigenvalue weighted by atomic mass is 16.6. The minimum atomic E-state index is -0.514. The van der Waals surface area contributed by atoms with Gasteiger partial charge in [0.15, 0.2) is 6.61 Å². The van der Waals surface area contributed by atoms with Crippen LogP contribution >= 0.6 is 0 Å². The van der Waals surface area contributed by atoms with Gasteiger partial charge in [-0.1, -0.05) is 0 Å². The zero-order valence-corrected chi connectivity index (χ0v) is 10.8. The van der Waals surface area contributed by atoms with E-state index in [-0.39, 0.29) is 12.3 Å². The Kier molecular flexibility index (Phi) is 4.65. The molecule has 108 valence electrons. The Bertz CT molecular complexity index is 634. The summed E-state index contributed by atoms with van der Waals surface area (Å²) in [6, 6.07) is 8.80. The first-order valence-corrected chi connectivity index (χ1v) is 5.88. The smallest absolute Gasteiger partial charge is 0.277 e. The first-order chi connectivity index (χ1) is 10.1. The number of carbonyl (C=O) groups excluding carboxylic acids is 1. The molecule has 0 aliphatic rings. The molecular formula is C13H11N3O5. The molecule has 0 atom stereocenters. The lowest BCUT2D eigenvalue weighted by Crippen LogP contribution is -2.24. The normalized spacial score (nSPS) is 10.5. The average molecular weight is 289 g/mol. The van der Waals surface area contributed by atoms with Gasteiger partial charge in [-0.15, -0.1) is 0 Å². The predicted octanol–water partition coefficient (Wildman–Crippen LogP) is 1.72. The van der Waals surface area contributed by atoms with Crippen LogP contribution in [-0.4, -0.2) is 23.7 Å².